The van der Waals surface area contributed by atoms with Crippen molar-refractivity contribution in [3.05, 3.63) is 102 Å². The average Bonchev–Trinajstić information content (AvgIpc) is 3.84. The van der Waals surface area contributed by atoms with Crippen LogP contribution in [0.4, 0.5) is 13.2 Å². The summed E-state index contributed by atoms with van der Waals surface area (Å²) in [7, 11) is 1.68. The summed E-state index contributed by atoms with van der Waals surface area (Å²) in [6.07, 6.45) is 4.38. The highest BCUT2D eigenvalue weighted by molar-refractivity contribution is 5.85. The van der Waals surface area contributed by atoms with Gasteiger partial charge in [0.2, 0.25) is 5.88 Å². The quantitative estimate of drug-likeness (QED) is 0.205. The number of nitrogens with zero attached hydrogens (tertiary/aromatic N) is 6. The summed E-state index contributed by atoms with van der Waals surface area (Å²) in [4.78, 5) is 23.9. The van der Waals surface area contributed by atoms with E-state index in [-0.39, 0.29) is 36.8 Å². The van der Waals surface area contributed by atoms with Crippen LogP contribution in [0.5, 0.6) is 17.4 Å². The fourth-order valence-corrected chi connectivity index (χ4v) is 6.27. The largest absolute Gasteiger partial charge is 0.481 e. The molecule has 1 aliphatic heterocycles. The first-order valence-corrected chi connectivity index (χ1v) is 16.1. The third-order valence-electron chi connectivity index (χ3n) is 9.19. The molecule has 11 nitrogen and oxygen atoms in total. The highest BCUT2D eigenvalue weighted by Crippen LogP contribution is 2.40. The van der Waals surface area contributed by atoms with Gasteiger partial charge in [0.05, 0.1) is 17.9 Å². The van der Waals surface area contributed by atoms with Crippen LogP contribution in [0.25, 0.3) is 22.4 Å². The topological polar surface area (TPSA) is 133 Å². The second-order valence-electron chi connectivity index (χ2n) is 12.9. The molecule has 2 N–H and O–H groups in total. The number of rotatable bonds is 4. The van der Waals surface area contributed by atoms with Crippen LogP contribution >= 0.6 is 0 Å². The van der Waals surface area contributed by atoms with Gasteiger partial charge >= 0.3 is 5.97 Å². The zero-order valence-corrected chi connectivity index (χ0v) is 27.5. The zero-order chi connectivity index (χ0) is 35.2. The average molecular weight is 686 g/mol. The summed E-state index contributed by atoms with van der Waals surface area (Å²) >= 11 is 0. The predicted molar refractivity (Wildman–Crippen MR) is 177 cm³/mol. The second kappa shape index (κ2) is 12.7. The van der Waals surface area contributed by atoms with E-state index in [9.17, 15) is 9.90 Å². The first-order valence-electron chi connectivity index (χ1n) is 16.1. The zero-order valence-electron chi connectivity index (χ0n) is 27.5. The minimum atomic E-state index is -3.27. The number of aryl methyl sites for hydroxylation is 1. The molecule has 258 valence electrons. The predicted octanol–water partition coefficient (Wildman–Crippen LogP) is 6.91. The summed E-state index contributed by atoms with van der Waals surface area (Å²) in [5.41, 5.74) is 1.66. The van der Waals surface area contributed by atoms with E-state index in [2.05, 4.69) is 15.1 Å². The number of pyridine rings is 1. The molecule has 6 aromatic rings. The fraction of sp³-hybridized carbons (Fsp3) is 0.306. The monoisotopic (exact) mass is 685 g/mol. The van der Waals surface area contributed by atoms with Crippen LogP contribution in [0.3, 0.4) is 0 Å². The Hall–Kier alpha value is -5.66. The number of alkyl halides is 2. The van der Waals surface area contributed by atoms with E-state index in [1.54, 1.807) is 57.6 Å². The van der Waals surface area contributed by atoms with Gasteiger partial charge in [0.25, 0.3) is 5.92 Å². The lowest BCUT2D eigenvalue weighted by atomic mass is 9.76. The molecule has 0 saturated heterocycles. The number of nitrogens with one attached hydrogen (secondary N) is 1. The van der Waals surface area contributed by atoms with Crippen LogP contribution < -0.4 is 9.47 Å². The van der Waals surface area contributed by atoms with E-state index < -0.39 is 42.1 Å². The van der Waals surface area contributed by atoms with Crippen LogP contribution in [-0.2, 0) is 30.2 Å². The van der Waals surface area contributed by atoms with Gasteiger partial charge in [-0.3, -0.25) is 14.5 Å². The molecule has 4 aromatic heterocycles. The van der Waals surface area contributed by atoms with Gasteiger partial charge in [-0.05, 0) is 43.0 Å². The fourth-order valence-electron chi connectivity index (χ4n) is 6.27. The molecule has 0 aliphatic carbocycles. The minimum absolute atomic E-state index is 0.00963. The SMILES string of the molecule is C[C@@H](Cc1cccc(C2(C)CCC(F)(F)COc3ccn(n3)Cc3c(c(F)cc4[nH]ccc34)Oc3ccnc(c3)-c3nc2nn3C)c1)C(=O)O. The molecule has 50 heavy (non-hydrogen) atoms. The maximum Gasteiger partial charge on any atom is 0.306 e. The number of carbonyl (C=O) groups is 1. The standard InChI is InChI=1S/C36H34F3N7O4/c1-21(33(47)48)15-22-5-4-6-23(16-22)35(2)10-11-36(38,39)20-49-30-9-14-46(43-30)19-26-25-8-13-40-28(25)18-27(37)31(26)50-24-7-12-41-29(17-24)32-42-34(35)44-45(32)3/h4-9,12-14,16-18,21,40H,10-11,15,19-20H2,1-3H3,(H,47,48)/t21-,35?/m0/s1. The van der Waals surface area contributed by atoms with E-state index in [0.29, 0.717) is 39.3 Å². The smallest absolute Gasteiger partial charge is 0.306 e. The first-order chi connectivity index (χ1) is 23.9. The molecule has 5 heterocycles. The lowest BCUT2D eigenvalue weighted by Crippen LogP contribution is -2.32. The molecule has 1 aliphatic rings. The summed E-state index contributed by atoms with van der Waals surface area (Å²) in [6, 6.07) is 15.1. The molecule has 0 fully saturated rings. The molecule has 0 saturated carbocycles. The molecule has 0 radical (unpaired) electrons. The van der Waals surface area contributed by atoms with Gasteiger partial charge in [-0.1, -0.05) is 31.2 Å². The van der Waals surface area contributed by atoms with Crippen molar-refractivity contribution >= 4 is 16.9 Å². The maximum atomic E-state index is 15.7. The molecular formula is C36H34F3N7O4. The van der Waals surface area contributed by atoms with Crippen molar-refractivity contribution in [1.82, 2.24) is 34.5 Å². The third-order valence-corrected chi connectivity index (χ3v) is 9.19. The van der Waals surface area contributed by atoms with E-state index >= 15 is 13.2 Å². The Kier molecular flexibility index (Phi) is 8.32. The van der Waals surface area contributed by atoms with Crippen molar-refractivity contribution in [1.29, 1.82) is 0 Å². The second-order valence-corrected chi connectivity index (χ2v) is 12.9. The Bertz CT molecular complexity index is 2210. The van der Waals surface area contributed by atoms with E-state index in [1.807, 2.05) is 18.2 Å². The number of halogens is 3. The molecular weight excluding hydrogens is 651 g/mol. The van der Waals surface area contributed by atoms with Gasteiger partial charge in [-0.25, -0.2) is 22.8 Å². The van der Waals surface area contributed by atoms with Crippen molar-refractivity contribution in [2.75, 3.05) is 6.61 Å². The highest BCUT2D eigenvalue weighted by atomic mass is 19.3. The third kappa shape index (κ3) is 6.40. The van der Waals surface area contributed by atoms with Crippen molar-refractivity contribution < 1.29 is 32.5 Å². The lowest BCUT2D eigenvalue weighted by molar-refractivity contribution is -0.141. The number of hydrogen-bond acceptors (Lipinski definition) is 7. The number of hydrogen-bond donors (Lipinski definition) is 2. The molecule has 2 atom stereocenters. The van der Waals surface area contributed by atoms with Gasteiger partial charge in [0, 0.05) is 66.7 Å². The molecule has 1 unspecified atom stereocenters. The molecule has 0 spiro atoms. The van der Waals surface area contributed by atoms with Crippen LogP contribution in [0.1, 0.15) is 49.2 Å². The Morgan fingerprint density at radius 3 is 2.78 bits per heavy atom. The van der Waals surface area contributed by atoms with Crippen LogP contribution in [0.15, 0.2) is 73.2 Å². The molecule has 2 aromatic carbocycles. The van der Waals surface area contributed by atoms with Gasteiger partial charge in [0.1, 0.15) is 11.4 Å². The Labute approximate surface area is 284 Å². The molecule has 7 rings (SSSR count). The maximum absolute atomic E-state index is 15.7. The number of benzene rings is 2. The number of aromatic amines is 1. The number of ether oxygens (including phenoxy) is 2. The van der Waals surface area contributed by atoms with Crippen molar-refractivity contribution in [3.8, 4) is 28.9 Å². The van der Waals surface area contributed by atoms with Gasteiger partial charge in [-0.15, -0.1) is 5.10 Å². The van der Waals surface area contributed by atoms with Crippen LogP contribution in [0, 0.1) is 11.7 Å². The minimum Gasteiger partial charge on any atom is -0.481 e. The Balaban J connectivity index is 1.35. The van der Waals surface area contributed by atoms with Crippen molar-refractivity contribution in [2.45, 2.75) is 51.0 Å². The summed E-state index contributed by atoms with van der Waals surface area (Å²) in [5.74, 6) is -4.60. The van der Waals surface area contributed by atoms with E-state index in [4.69, 9.17) is 19.6 Å². The van der Waals surface area contributed by atoms with Crippen molar-refractivity contribution in [2.24, 2.45) is 13.0 Å². The van der Waals surface area contributed by atoms with Crippen molar-refractivity contribution in [3.63, 3.8) is 0 Å². The Morgan fingerprint density at radius 2 is 1.96 bits per heavy atom. The van der Waals surface area contributed by atoms with Gasteiger partial charge < -0.3 is 19.6 Å². The number of fused-ring (bicyclic) bond motifs is 10. The number of carboxylic acid groups (broad SMARTS) is 1. The highest BCUT2D eigenvalue weighted by Gasteiger charge is 2.40. The molecule has 14 heteroatoms. The molecule has 0 amide bonds. The number of aliphatic carboxylic acids is 1. The van der Waals surface area contributed by atoms with Crippen LogP contribution in [-0.4, -0.2) is 58.1 Å². The van der Waals surface area contributed by atoms with Crippen LogP contribution in [0.2, 0.25) is 0 Å². The first kappa shape index (κ1) is 32.9. The summed E-state index contributed by atoms with van der Waals surface area (Å²) < 4.78 is 61.6. The number of H-pyrrole nitrogens is 1. The van der Waals surface area contributed by atoms with E-state index in [1.165, 1.54) is 27.7 Å². The van der Waals surface area contributed by atoms with Gasteiger partial charge in [0.15, 0.2) is 29.8 Å². The summed E-state index contributed by atoms with van der Waals surface area (Å²) in [5, 5.41) is 19.2. The summed E-state index contributed by atoms with van der Waals surface area (Å²) in [6.45, 7) is 2.54. The lowest BCUT2D eigenvalue weighted by Gasteiger charge is -2.30. The number of aromatic nitrogens is 7. The normalized spacial score (nSPS) is 18.2. The number of carboxylic acids is 1. The van der Waals surface area contributed by atoms with Gasteiger partial charge in [-0.2, -0.15) is 5.10 Å². The Morgan fingerprint density at radius 1 is 1.12 bits per heavy atom. The van der Waals surface area contributed by atoms with E-state index in [0.717, 1.165) is 5.56 Å². The molecule has 6 bridgehead atoms.